The molecule has 0 bridgehead atoms. The number of phenolic OH excluding ortho intramolecular Hbond substituents is 1. The fourth-order valence-corrected chi connectivity index (χ4v) is 2.60. The van der Waals surface area contributed by atoms with Crippen molar-refractivity contribution < 1.29 is 9.90 Å². The van der Waals surface area contributed by atoms with Crippen molar-refractivity contribution in [1.82, 2.24) is 9.88 Å². The average Bonchev–Trinajstić information content (AvgIpc) is 2.83. The maximum Gasteiger partial charge on any atom is 0.266 e. The summed E-state index contributed by atoms with van der Waals surface area (Å²) in [5.74, 6) is 0.198. The molecule has 0 spiro atoms. The maximum absolute atomic E-state index is 12.4. The number of aryl methyl sites for hydroxylation is 1. The quantitative estimate of drug-likeness (QED) is 0.937. The molecule has 2 rings (SSSR count). The lowest BCUT2D eigenvalue weighted by Gasteiger charge is -2.25. The number of hydrogen-bond donors (Lipinski definition) is 1. The molecule has 0 aliphatic carbocycles. The van der Waals surface area contributed by atoms with Crippen LogP contribution in [0.4, 0.5) is 0 Å². The van der Waals surface area contributed by atoms with Crippen molar-refractivity contribution >= 4 is 17.2 Å². The predicted molar refractivity (Wildman–Crippen MR) is 75.5 cm³/mol. The molecule has 1 aromatic heterocycles. The number of thiazole rings is 1. The first-order valence-electron chi connectivity index (χ1n) is 5.97. The molecule has 1 atom stereocenters. The number of rotatable bonds is 3. The maximum atomic E-state index is 12.4. The number of aromatic hydroxyl groups is 1. The fraction of sp³-hybridized carbons (Fsp3) is 0.286. The van der Waals surface area contributed by atoms with E-state index in [1.165, 1.54) is 11.3 Å². The first-order chi connectivity index (χ1) is 9.00. The Balaban J connectivity index is 2.19. The second-order valence-electron chi connectivity index (χ2n) is 4.45. The Bertz CT molecular complexity index is 577. The van der Waals surface area contributed by atoms with Crippen LogP contribution in [0.2, 0.25) is 0 Å². The minimum absolute atomic E-state index is 0.0272. The number of amides is 1. The van der Waals surface area contributed by atoms with Crippen LogP contribution in [0, 0.1) is 6.92 Å². The third-order valence-electron chi connectivity index (χ3n) is 3.22. The minimum Gasteiger partial charge on any atom is -0.508 e. The van der Waals surface area contributed by atoms with Crippen molar-refractivity contribution in [1.29, 1.82) is 0 Å². The van der Waals surface area contributed by atoms with E-state index in [0.717, 1.165) is 11.3 Å². The molecule has 0 radical (unpaired) electrons. The van der Waals surface area contributed by atoms with E-state index < -0.39 is 0 Å². The molecule has 0 fully saturated rings. The molecule has 1 unspecified atom stereocenters. The molecule has 0 aliphatic heterocycles. The lowest BCUT2D eigenvalue weighted by molar-refractivity contribution is 0.0746. The number of carbonyl (C=O) groups excluding carboxylic acids is 1. The summed E-state index contributed by atoms with van der Waals surface area (Å²) in [6.07, 6.45) is 0. The topological polar surface area (TPSA) is 53.4 Å². The van der Waals surface area contributed by atoms with E-state index in [0.29, 0.717) is 4.88 Å². The van der Waals surface area contributed by atoms with Gasteiger partial charge in [0.15, 0.2) is 0 Å². The van der Waals surface area contributed by atoms with Gasteiger partial charge < -0.3 is 10.0 Å². The van der Waals surface area contributed by atoms with Gasteiger partial charge in [-0.2, -0.15) is 0 Å². The summed E-state index contributed by atoms with van der Waals surface area (Å²) in [6.45, 7) is 3.80. The average molecular weight is 276 g/mol. The number of nitrogens with zero attached hydrogens (tertiary/aromatic N) is 2. The third-order valence-corrected chi connectivity index (χ3v) is 4.13. The van der Waals surface area contributed by atoms with E-state index in [1.54, 1.807) is 29.6 Å². The van der Waals surface area contributed by atoms with Gasteiger partial charge in [0.2, 0.25) is 0 Å². The van der Waals surface area contributed by atoms with E-state index in [4.69, 9.17) is 0 Å². The second-order valence-corrected chi connectivity index (χ2v) is 5.31. The Morgan fingerprint density at radius 1 is 1.37 bits per heavy atom. The highest BCUT2D eigenvalue weighted by molar-refractivity contribution is 7.11. The first-order valence-corrected chi connectivity index (χ1v) is 6.85. The van der Waals surface area contributed by atoms with Crippen molar-refractivity contribution in [2.24, 2.45) is 0 Å². The van der Waals surface area contributed by atoms with Crippen molar-refractivity contribution in [3.05, 3.63) is 45.9 Å². The highest BCUT2D eigenvalue weighted by Gasteiger charge is 2.21. The van der Waals surface area contributed by atoms with Gasteiger partial charge in [-0.1, -0.05) is 12.1 Å². The summed E-state index contributed by atoms with van der Waals surface area (Å²) in [6, 6.07) is 6.84. The summed E-state index contributed by atoms with van der Waals surface area (Å²) in [5.41, 5.74) is 3.43. The lowest BCUT2D eigenvalue weighted by Crippen LogP contribution is -2.29. The molecule has 4 nitrogen and oxygen atoms in total. The zero-order chi connectivity index (χ0) is 14.0. The number of benzene rings is 1. The van der Waals surface area contributed by atoms with E-state index in [9.17, 15) is 9.90 Å². The molecular weight excluding hydrogens is 260 g/mol. The summed E-state index contributed by atoms with van der Waals surface area (Å²) in [7, 11) is 1.78. The fourth-order valence-electron chi connectivity index (χ4n) is 1.82. The van der Waals surface area contributed by atoms with Gasteiger partial charge in [-0.3, -0.25) is 4.79 Å². The SMILES string of the molecule is Cc1ncsc1C(=O)N(C)C(C)c1ccc(O)cc1. The first kappa shape index (κ1) is 13.5. The van der Waals surface area contributed by atoms with Gasteiger partial charge in [0.25, 0.3) is 5.91 Å². The molecular formula is C14H16N2O2S. The molecule has 0 saturated carbocycles. The van der Waals surface area contributed by atoms with Crippen LogP contribution in [-0.4, -0.2) is 27.9 Å². The molecule has 2 aromatic rings. The third kappa shape index (κ3) is 2.76. The molecule has 19 heavy (non-hydrogen) atoms. The largest absolute Gasteiger partial charge is 0.508 e. The van der Waals surface area contributed by atoms with Crippen molar-refractivity contribution in [3.63, 3.8) is 0 Å². The Hall–Kier alpha value is -1.88. The van der Waals surface area contributed by atoms with Crippen LogP contribution >= 0.6 is 11.3 Å². The Morgan fingerprint density at radius 3 is 2.53 bits per heavy atom. The molecule has 1 amide bonds. The lowest BCUT2D eigenvalue weighted by atomic mass is 10.1. The summed E-state index contributed by atoms with van der Waals surface area (Å²) in [5, 5.41) is 9.29. The van der Waals surface area contributed by atoms with Gasteiger partial charge in [-0.25, -0.2) is 4.98 Å². The summed E-state index contributed by atoms with van der Waals surface area (Å²) < 4.78 is 0. The molecule has 100 valence electrons. The molecule has 0 saturated heterocycles. The van der Waals surface area contributed by atoms with Crippen LogP contribution in [0.1, 0.15) is 33.9 Å². The number of phenols is 1. The molecule has 5 heteroatoms. The van der Waals surface area contributed by atoms with Crippen LogP contribution < -0.4 is 0 Å². The molecule has 1 aromatic carbocycles. The van der Waals surface area contributed by atoms with E-state index >= 15 is 0 Å². The predicted octanol–water partition coefficient (Wildman–Crippen LogP) is 2.99. The Morgan fingerprint density at radius 2 is 2.00 bits per heavy atom. The molecule has 0 aliphatic rings. The van der Waals surface area contributed by atoms with E-state index in [-0.39, 0.29) is 17.7 Å². The monoisotopic (exact) mass is 276 g/mol. The summed E-state index contributed by atoms with van der Waals surface area (Å²) in [4.78, 5) is 18.8. The van der Waals surface area contributed by atoms with Crippen molar-refractivity contribution in [3.8, 4) is 5.75 Å². The van der Waals surface area contributed by atoms with E-state index in [1.807, 2.05) is 26.0 Å². The second kappa shape index (κ2) is 5.40. The zero-order valence-electron chi connectivity index (χ0n) is 11.1. The normalized spacial score (nSPS) is 12.2. The van der Waals surface area contributed by atoms with E-state index in [2.05, 4.69) is 4.98 Å². The van der Waals surface area contributed by atoms with Crippen LogP contribution in [-0.2, 0) is 0 Å². The van der Waals surface area contributed by atoms with Gasteiger partial charge in [-0.15, -0.1) is 11.3 Å². The van der Waals surface area contributed by atoms with Gasteiger partial charge >= 0.3 is 0 Å². The molecule has 1 heterocycles. The van der Waals surface area contributed by atoms with Gasteiger partial charge in [0.05, 0.1) is 17.2 Å². The highest BCUT2D eigenvalue weighted by Crippen LogP contribution is 2.24. The zero-order valence-corrected chi connectivity index (χ0v) is 11.9. The minimum atomic E-state index is -0.0606. The van der Waals surface area contributed by atoms with Crippen LogP contribution in [0.3, 0.4) is 0 Å². The Labute approximate surface area is 116 Å². The van der Waals surface area contributed by atoms with Gasteiger partial charge in [0.1, 0.15) is 10.6 Å². The smallest absolute Gasteiger partial charge is 0.266 e. The number of carbonyl (C=O) groups is 1. The van der Waals surface area contributed by atoms with Gasteiger partial charge in [-0.05, 0) is 31.5 Å². The van der Waals surface area contributed by atoms with Crippen molar-refractivity contribution in [2.45, 2.75) is 19.9 Å². The van der Waals surface area contributed by atoms with Crippen molar-refractivity contribution in [2.75, 3.05) is 7.05 Å². The highest BCUT2D eigenvalue weighted by atomic mass is 32.1. The summed E-state index contributed by atoms with van der Waals surface area (Å²) >= 11 is 1.36. The van der Waals surface area contributed by atoms with Crippen LogP contribution in [0.5, 0.6) is 5.75 Å². The number of hydrogen-bond acceptors (Lipinski definition) is 4. The van der Waals surface area contributed by atoms with Crippen LogP contribution in [0.15, 0.2) is 29.8 Å². The van der Waals surface area contributed by atoms with Crippen LogP contribution in [0.25, 0.3) is 0 Å². The van der Waals surface area contributed by atoms with Gasteiger partial charge in [0, 0.05) is 7.05 Å². The number of aromatic nitrogens is 1. The molecule has 1 N–H and O–H groups in total. The standard InChI is InChI=1S/C14H16N2O2S/c1-9-13(19-8-15-9)14(18)16(3)10(2)11-4-6-12(17)7-5-11/h4-8,10,17H,1-3H3. The Kier molecular flexibility index (Phi) is 3.85.